The van der Waals surface area contributed by atoms with Crippen molar-refractivity contribution in [3.05, 3.63) is 59.7 Å². The third-order valence-electron chi connectivity index (χ3n) is 6.22. The quantitative estimate of drug-likeness (QED) is 0.266. The number of carbonyl (C=O) groups is 1. The fourth-order valence-electron chi connectivity index (χ4n) is 4.21. The predicted octanol–water partition coefficient (Wildman–Crippen LogP) is 9.31. The molecule has 1 N–H and O–H groups in total. The average Bonchev–Trinajstić information content (AvgIpc) is 2.80. The number of benzene rings is 2. The molecule has 32 heavy (non-hydrogen) atoms. The molecule has 0 aliphatic carbocycles. The van der Waals surface area contributed by atoms with Crippen LogP contribution in [-0.4, -0.2) is 11.2 Å². The molecule has 0 heterocycles. The highest BCUT2D eigenvalue weighted by atomic mass is 16.4. The van der Waals surface area contributed by atoms with Crippen molar-refractivity contribution < 1.29 is 9.90 Å². The number of amides is 1. The minimum atomic E-state index is -0.947. The van der Waals surface area contributed by atoms with E-state index in [0.29, 0.717) is 11.4 Å². The van der Waals surface area contributed by atoms with E-state index in [1.807, 2.05) is 24.3 Å². The smallest absolute Gasteiger partial charge is 0.416 e. The van der Waals surface area contributed by atoms with Crippen molar-refractivity contribution in [3.8, 4) is 0 Å². The molecule has 1 amide bonds. The Morgan fingerprint density at radius 3 is 1.28 bits per heavy atom. The minimum absolute atomic E-state index is 0.702. The Balaban J connectivity index is 1.87. The largest absolute Gasteiger partial charge is 0.464 e. The highest BCUT2D eigenvalue weighted by Crippen LogP contribution is 2.27. The lowest BCUT2D eigenvalue weighted by molar-refractivity contribution is 0.205. The number of carboxylic acid groups (broad SMARTS) is 1. The van der Waals surface area contributed by atoms with Gasteiger partial charge >= 0.3 is 6.09 Å². The van der Waals surface area contributed by atoms with Crippen molar-refractivity contribution in [2.45, 2.75) is 104 Å². The second kappa shape index (κ2) is 15.5. The Kier molecular flexibility index (Phi) is 12.6. The topological polar surface area (TPSA) is 40.5 Å². The number of hydrogen-bond acceptors (Lipinski definition) is 1. The molecule has 3 nitrogen and oxygen atoms in total. The second-order valence-corrected chi connectivity index (χ2v) is 8.99. The number of rotatable bonds is 16. The van der Waals surface area contributed by atoms with Crippen LogP contribution in [0, 0.1) is 0 Å². The molecule has 0 radical (unpaired) electrons. The normalized spacial score (nSPS) is 10.9. The summed E-state index contributed by atoms with van der Waals surface area (Å²) in [7, 11) is 0. The van der Waals surface area contributed by atoms with Crippen LogP contribution >= 0.6 is 0 Å². The molecule has 2 rings (SSSR count). The van der Waals surface area contributed by atoms with E-state index in [4.69, 9.17) is 0 Å². The molecular formula is C29H43NO2. The Morgan fingerprint density at radius 2 is 0.938 bits per heavy atom. The number of nitrogens with zero attached hydrogens (tertiary/aromatic N) is 1. The summed E-state index contributed by atoms with van der Waals surface area (Å²) < 4.78 is 0. The van der Waals surface area contributed by atoms with E-state index in [0.717, 1.165) is 12.8 Å². The van der Waals surface area contributed by atoms with Gasteiger partial charge in [0.25, 0.3) is 0 Å². The van der Waals surface area contributed by atoms with Crippen LogP contribution in [0.2, 0.25) is 0 Å². The van der Waals surface area contributed by atoms with Gasteiger partial charge in [-0.3, -0.25) is 0 Å². The summed E-state index contributed by atoms with van der Waals surface area (Å²) in [6.45, 7) is 4.49. The Bertz CT molecular complexity index is 692. The zero-order valence-corrected chi connectivity index (χ0v) is 20.3. The average molecular weight is 438 g/mol. The van der Waals surface area contributed by atoms with Crippen molar-refractivity contribution in [3.63, 3.8) is 0 Å². The van der Waals surface area contributed by atoms with Crippen molar-refractivity contribution in [1.82, 2.24) is 0 Å². The molecule has 0 fully saturated rings. The summed E-state index contributed by atoms with van der Waals surface area (Å²) in [5.41, 5.74) is 3.97. The van der Waals surface area contributed by atoms with Gasteiger partial charge in [-0.2, -0.15) is 0 Å². The summed E-state index contributed by atoms with van der Waals surface area (Å²) in [4.78, 5) is 13.4. The van der Waals surface area contributed by atoms with Crippen LogP contribution in [0.1, 0.15) is 102 Å². The van der Waals surface area contributed by atoms with Gasteiger partial charge in [-0.25, -0.2) is 9.69 Å². The lowest BCUT2D eigenvalue weighted by Crippen LogP contribution is -2.23. The van der Waals surface area contributed by atoms with E-state index in [1.54, 1.807) is 0 Å². The number of aryl methyl sites for hydroxylation is 2. The summed E-state index contributed by atoms with van der Waals surface area (Å²) in [6, 6.07) is 16.0. The third kappa shape index (κ3) is 9.46. The molecule has 176 valence electrons. The van der Waals surface area contributed by atoms with Gasteiger partial charge in [0, 0.05) is 0 Å². The molecule has 2 aromatic carbocycles. The maximum absolute atomic E-state index is 12.0. The first-order valence-electron chi connectivity index (χ1n) is 12.9. The Hall–Kier alpha value is -2.29. The van der Waals surface area contributed by atoms with Gasteiger partial charge in [0.1, 0.15) is 0 Å². The molecule has 0 bridgehead atoms. The molecule has 0 aliphatic heterocycles. The SMILES string of the molecule is CCCCCCCCc1ccc(N(C(=O)O)c2ccc(CCCCCCCC)cc2)cc1. The number of anilines is 2. The van der Waals surface area contributed by atoms with Crippen LogP contribution in [0.4, 0.5) is 16.2 Å². The lowest BCUT2D eigenvalue weighted by Gasteiger charge is -2.20. The van der Waals surface area contributed by atoms with Crippen molar-refractivity contribution in [2.24, 2.45) is 0 Å². The van der Waals surface area contributed by atoms with Gasteiger partial charge in [-0.15, -0.1) is 0 Å². The van der Waals surface area contributed by atoms with Crippen LogP contribution in [0.25, 0.3) is 0 Å². The standard InChI is InChI=1S/C29H43NO2/c1-3-5-7-9-11-13-15-25-17-21-27(22-18-25)30(29(31)32)28-23-19-26(20-24-28)16-14-12-10-8-6-4-2/h17-24H,3-16H2,1-2H3,(H,31,32). The molecular weight excluding hydrogens is 394 g/mol. The fourth-order valence-corrected chi connectivity index (χ4v) is 4.21. The van der Waals surface area contributed by atoms with Gasteiger partial charge in [-0.1, -0.05) is 102 Å². The summed E-state index contributed by atoms with van der Waals surface area (Å²) in [6.07, 6.45) is 16.6. The maximum atomic E-state index is 12.0. The molecule has 0 saturated heterocycles. The van der Waals surface area contributed by atoms with Crippen LogP contribution in [-0.2, 0) is 12.8 Å². The van der Waals surface area contributed by atoms with E-state index in [2.05, 4.69) is 38.1 Å². The molecule has 0 unspecified atom stereocenters. The second-order valence-electron chi connectivity index (χ2n) is 8.99. The van der Waals surface area contributed by atoms with E-state index in [9.17, 15) is 9.90 Å². The zero-order chi connectivity index (χ0) is 23.0. The van der Waals surface area contributed by atoms with Crippen LogP contribution in [0.3, 0.4) is 0 Å². The molecule has 2 aromatic rings. The van der Waals surface area contributed by atoms with E-state index in [-0.39, 0.29) is 0 Å². The summed E-state index contributed by atoms with van der Waals surface area (Å²) in [5.74, 6) is 0. The van der Waals surface area contributed by atoms with E-state index < -0.39 is 6.09 Å². The molecule has 0 atom stereocenters. The van der Waals surface area contributed by atoms with Gasteiger partial charge in [-0.05, 0) is 61.1 Å². The molecule has 0 spiro atoms. The van der Waals surface area contributed by atoms with Crippen molar-refractivity contribution in [2.75, 3.05) is 4.90 Å². The Morgan fingerprint density at radius 1 is 0.594 bits per heavy atom. The molecule has 3 heteroatoms. The first kappa shape index (κ1) is 26.0. The van der Waals surface area contributed by atoms with Crippen LogP contribution in [0.15, 0.2) is 48.5 Å². The fraction of sp³-hybridized carbons (Fsp3) is 0.552. The first-order valence-corrected chi connectivity index (χ1v) is 12.9. The maximum Gasteiger partial charge on any atom is 0.416 e. The van der Waals surface area contributed by atoms with E-state index in [1.165, 1.54) is 93.1 Å². The third-order valence-corrected chi connectivity index (χ3v) is 6.22. The Labute approximate surface area is 195 Å². The highest BCUT2D eigenvalue weighted by Gasteiger charge is 2.16. The zero-order valence-electron chi connectivity index (χ0n) is 20.3. The monoisotopic (exact) mass is 437 g/mol. The predicted molar refractivity (Wildman–Crippen MR) is 137 cm³/mol. The van der Waals surface area contributed by atoms with Crippen LogP contribution < -0.4 is 4.90 Å². The molecule has 0 aliphatic rings. The van der Waals surface area contributed by atoms with Crippen LogP contribution in [0.5, 0.6) is 0 Å². The number of unbranched alkanes of at least 4 members (excludes halogenated alkanes) is 10. The molecule has 0 aromatic heterocycles. The van der Waals surface area contributed by atoms with Gasteiger partial charge in [0.2, 0.25) is 0 Å². The minimum Gasteiger partial charge on any atom is -0.464 e. The summed E-state index contributed by atoms with van der Waals surface area (Å²) >= 11 is 0. The summed E-state index contributed by atoms with van der Waals surface area (Å²) in [5, 5.41) is 9.83. The van der Waals surface area contributed by atoms with Gasteiger partial charge in [0.15, 0.2) is 0 Å². The van der Waals surface area contributed by atoms with Crippen molar-refractivity contribution in [1.29, 1.82) is 0 Å². The first-order chi connectivity index (χ1) is 15.7. The highest BCUT2D eigenvalue weighted by molar-refractivity contribution is 5.94. The van der Waals surface area contributed by atoms with Gasteiger partial charge < -0.3 is 5.11 Å². The molecule has 0 saturated carbocycles. The van der Waals surface area contributed by atoms with Crippen molar-refractivity contribution >= 4 is 17.5 Å². The lowest BCUT2D eigenvalue weighted by atomic mass is 10.0. The van der Waals surface area contributed by atoms with E-state index >= 15 is 0 Å². The number of hydrogen-bond donors (Lipinski definition) is 1. The van der Waals surface area contributed by atoms with Gasteiger partial charge in [0.05, 0.1) is 11.4 Å².